The Balaban J connectivity index is 1.74. The highest BCUT2D eigenvalue weighted by Crippen LogP contribution is 2.32. The van der Waals surface area contributed by atoms with E-state index in [1.807, 2.05) is 0 Å². The van der Waals surface area contributed by atoms with Crippen molar-refractivity contribution < 1.29 is 23.4 Å². The molecule has 1 N–H and O–H groups in total. The van der Waals surface area contributed by atoms with Crippen molar-refractivity contribution in [3.8, 4) is 0 Å². The highest BCUT2D eigenvalue weighted by Gasteiger charge is 2.39. The van der Waals surface area contributed by atoms with Crippen LogP contribution < -0.4 is 0 Å². The number of rotatable bonds is 3. The first-order chi connectivity index (χ1) is 11.1. The van der Waals surface area contributed by atoms with Crippen molar-refractivity contribution in [3.63, 3.8) is 0 Å². The molecule has 2 fully saturated rings. The van der Waals surface area contributed by atoms with Crippen molar-refractivity contribution >= 4 is 5.91 Å². The lowest BCUT2D eigenvalue weighted by atomic mass is 9.93. The molecule has 0 spiro atoms. The average Bonchev–Trinajstić information content (AvgIpc) is 2.97. The zero-order valence-electron chi connectivity index (χ0n) is 12.9. The maximum Gasteiger partial charge on any atom is 0.227 e. The highest BCUT2D eigenvalue weighted by molar-refractivity contribution is 5.79. The number of amides is 1. The van der Waals surface area contributed by atoms with Gasteiger partial charge in [0.25, 0.3) is 0 Å². The summed E-state index contributed by atoms with van der Waals surface area (Å²) in [5, 5.41) is 10.1. The molecule has 1 aromatic rings. The molecule has 1 saturated carbocycles. The molecule has 2 aliphatic rings. The zero-order chi connectivity index (χ0) is 16.4. The molecule has 3 rings (SSSR count). The van der Waals surface area contributed by atoms with Gasteiger partial charge in [-0.15, -0.1) is 0 Å². The van der Waals surface area contributed by atoms with E-state index in [1.165, 1.54) is 0 Å². The fraction of sp³-hybridized carbons (Fsp3) is 0.588. The molecule has 0 radical (unpaired) electrons. The third-order valence-corrected chi connectivity index (χ3v) is 4.86. The molecule has 1 saturated heterocycles. The Bertz CT molecular complexity index is 581. The van der Waals surface area contributed by atoms with Crippen LogP contribution in [0.2, 0.25) is 0 Å². The maximum atomic E-state index is 13.8. The van der Waals surface area contributed by atoms with Gasteiger partial charge >= 0.3 is 0 Å². The van der Waals surface area contributed by atoms with Crippen LogP contribution >= 0.6 is 0 Å². The molecule has 0 bridgehead atoms. The summed E-state index contributed by atoms with van der Waals surface area (Å²) in [6, 6.07) is 2.95. The summed E-state index contributed by atoms with van der Waals surface area (Å²) in [5.41, 5.74) is 0.0622. The van der Waals surface area contributed by atoms with Gasteiger partial charge in [0.1, 0.15) is 11.6 Å². The van der Waals surface area contributed by atoms with E-state index in [-0.39, 0.29) is 29.9 Å². The number of benzene rings is 1. The van der Waals surface area contributed by atoms with Gasteiger partial charge in [0, 0.05) is 18.0 Å². The third kappa shape index (κ3) is 3.53. The molecule has 0 unspecified atom stereocenters. The lowest BCUT2D eigenvalue weighted by Gasteiger charge is -2.40. The topological polar surface area (TPSA) is 49.8 Å². The number of aliphatic hydroxyl groups is 1. The van der Waals surface area contributed by atoms with Crippen LogP contribution in [0.1, 0.15) is 24.8 Å². The van der Waals surface area contributed by atoms with Gasteiger partial charge in [0.2, 0.25) is 5.91 Å². The van der Waals surface area contributed by atoms with Gasteiger partial charge in [-0.1, -0.05) is 6.42 Å². The minimum Gasteiger partial charge on any atom is -0.393 e. The van der Waals surface area contributed by atoms with Crippen LogP contribution in [-0.2, 0) is 16.0 Å². The smallest absolute Gasteiger partial charge is 0.227 e. The minimum absolute atomic E-state index is 0.00314. The van der Waals surface area contributed by atoms with Crippen LogP contribution in [0.25, 0.3) is 0 Å². The van der Waals surface area contributed by atoms with E-state index in [0.717, 1.165) is 37.5 Å². The van der Waals surface area contributed by atoms with Crippen molar-refractivity contribution in [2.24, 2.45) is 5.92 Å². The molecule has 1 aliphatic heterocycles. The summed E-state index contributed by atoms with van der Waals surface area (Å²) < 4.78 is 32.5. The molecular formula is C17H21F2NO3. The predicted octanol–water partition coefficient (Wildman–Crippen LogP) is 1.90. The SMILES string of the molecule is O=C(Cc1cc(F)ccc1F)N1CCOC[C@@H]1[C@@H]1CCC[C@@H]1O. The maximum absolute atomic E-state index is 13.8. The first-order valence-electron chi connectivity index (χ1n) is 8.05. The number of ether oxygens (including phenoxy) is 1. The summed E-state index contributed by atoms with van der Waals surface area (Å²) in [5.74, 6) is -1.39. The number of carbonyl (C=O) groups excluding carboxylic acids is 1. The Labute approximate surface area is 134 Å². The van der Waals surface area contributed by atoms with E-state index in [9.17, 15) is 18.7 Å². The van der Waals surface area contributed by atoms with Gasteiger partial charge in [-0.2, -0.15) is 0 Å². The quantitative estimate of drug-likeness (QED) is 0.923. The monoisotopic (exact) mass is 325 g/mol. The van der Waals surface area contributed by atoms with E-state index in [2.05, 4.69) is 0 Å². The van der Waals surface area contributed by atoms with Crippen LogP contribution in [0, 0.1) is 17.6 Å². The van der Waals surface area contributed by atoms with Crippen LogP contribution in [0.15, 0.2) is 18.2 Å². The molecule has 4 nitrogen and oxygen atoms in total. The van der Waals surface area contributed by atoms with Crippen molar-refractivity contribution in [2.45, 2.75) is 37.8 Å². The predicted molar refractivity (Wildman–Crippen MR) is 79.7 cm³/mol. The largest absolute Gasteiger partial charge is 0.393 e. The van der Waals surface area contributed by atoms with Crippen molar-refractivity contribution in [1.29, 1.82) is 0 Å². The van der Waals surface area contributed by atoms with Crippen molar-refractivity contribution in [3.05, 3.63) is 35.4 Å². The number of nitrogens with zero attached hydrogens (tertiary/aromatic N) is 1. The first-order valence-corrected chi connectivity index (χ1v) is 8.05. The Morgan fingerprint density at radius 3 is 2.91 bits per heavy atom. The van der Waals surface area contributed by atoms with Gasteiger partial charge < -0.3 is 14.7 Å². The van der Waals surface area contributed by atoms with Crippen LogP contribution in [-0.4, -0.2) is 47.8 Å². The second-order valence-corrected chi connectivity index (χ2v) is 6.30. The molecule has 0 aromatic heterocycles. The van der Waals surface area contributed by atoms with E-state index < -0.39 is 17.7 Å². The number of hydrogen-bond acceptors (Lipinski definition) is 3. The second kappa shape index (κ2) is 6.93. The number of morpholine rings is 1. The van der Waals surface area contributed by atoms with Crippen molar-refractivity contribution in [2.75, 3.05) is 19.8 Å². The van der Waals surface area contributed by atoms with Gasteiger partial charge in [0.05, 0.1) is 31.8 Å². The molecule has 126 valence electrons. The van der Waals surface area contributed by atoms with Crippen LogP contribution in [0.5, 0.6) is 0 Å². The second-order valence-electron chi connectivity index (χ2n) is 6.30. The molecule has 1 aromatic carbocycles. The lowest BCUT2D eigenvalue weighted by Crippen LogP contribution is -2.54. The Morgan fingerprint density at radius 1 is 1.35 bits per heavy atom. The van der Waals surface area contributed by atoms with E-state index in [1.54, 1.807) is 4.90 Å². The Hall–Kier alpha value is -1.53. The number of carbonyl (C=O) groups is 1. The standard InChI is InChI=1S/C17H21F2NO3/c18-12-4-5-14(19)11(8-12)9-17(22)20-6-7-23-10-15(20)13-2-1-3-16(13)21/h4-5,8,13,15-16,21H,1-3,6-7,9-10H2/t13-,15+,16-/m0/s1. The van der Waals surface area contributed by atoms with Crippen LogP contribution in [0.3, 0.4) is 0 Å². The van der Waals surface area contributed by atoms with Gasteiger partial charge in [-0.05, 0) is 31.0 Å². The van der Waals surface area contributed by atoms with Gasteiger partial charge in [0.15, 0.2) is 0 Å². The molecule has 1 aliphatic carbocycles. The molecule has 3 atom stereocenters. The molecule has 1 heterocycles. The summed E-state index contributed by atoms with van der Waals surface area (Å²) in [4.78, 5) is 14.3. The molecular weight excluding hydrogens is 304 g/mol. The molecule has 23 heavy (non-hydrogen) atoms. The third-order valence-electron chi connectivity index (χ3n) is 4.86. The van der Waals surface area contributed by atoms with Crippen LogP contribution in [0.4, 0.5) is 8.78 Å². The number of halogens is 2. The highest BCUT2D eigenvalue weighted by atomic mass is 19.1. The number of aliphatic hydroxyl groups excluding tert-OH is 1. The first kappa shape index (κ1) is 16.3. The van der Waals surface area contributed by atoms with Crippen molar-refractivity contribution in [1.82, 2.24) is 4.90 Å². The zero-order valence-corrected chi connectivity index (χ0v) is 12.9. The van der Waals surface area contributed by atoms with E-state index in [0.29, 0.717) is 19.8 Å². The summed E-state index contributed by atoms with van der Waals surface area (Å²) in [7, 11) is 0. The van der Waals surface area contributed by atoms with E-state index >= 15 is 0 Å². The lowest BCUT2D eigenvalue weighted by molar-refractivity contribution is -0.143. The number of hydrogen-bond donors (Lipinski definition) is 1. The normalized spacial score (nSPS) is 28.1. The van der Waals surface area contributed by atoms with E-state index in [4.69, 9.17) is 4.74 Å². The molecule has 1 amide bonds. The fourth-order valence-electron chi connectivity index (χ4n) is 3.65. The average molecular weight is 325 g/mol. The van der Waals surface area contributed by atoms with Gasteiger partial charge in [-0.3, -0.25) is 4.79 Å². The Kier molecular flexibility index (Phi) is 4.92. The fourth-order valence-corrected chi connectivity index (χ4v) is 3.65. The summed E-state index contributed by atoms with van der Waals surface area (Å²) in [6.45, 7) is 1.24. The Morgan fingerprint density at radius 2 is 2.17 bits per heavy atom. The molecule has 6 heteroatoms. The minimum atomic E-state index is -0.578. The summed E-state index contributed by atoms with van der Waals surface area (Å²) in [6.07, 6.45) is 1.92. The summed E-state index contributed by atoms with van der Waals surface area (Å²) >= 11 is 0. The van der Waals surface area contributed by atoms with Gasteiger partial charge in [-0.25, -0.2) is 8.78 Å².